The van der Waals surface area contributed by atoms with Crippen molar-refractivity contribution in [3.63, 3.8) is 0 Å². The normalized spacial score (nSPS) is 9.75. The van der Waals surface area contributed by atoms with Gasteiger partial charge in [-0.15, -0.1) is 0 Å². The zero-order valence-electron chi connectivity index (χ0n) is 4.94. The summed E-state index contributed by atoms with van der Waals surface area (Å²) in [5, 5.41) is 0. The molecule has 44 valence electrons. The van der Waals surface area contributed by atoms with Crippen molar-refractivity contribution in [2.24, 2.45) is 5.73 Å². The van der Waals surface area contributed by atoms with Gasteiger partial charge in [0.1, 0.15) is 0 Å². The maximum Gasteiger partial charge on any atom is 0.0332 e. The molecule has 3 N–H and O–H groups in total. The van der Waals surface area contributed by atoms with Gasteiger partial charge in [0.2, 0.25) is 0 Å². The lowest BCUT2D eigenvalue weighted by Crippen LogP contribution is -1.95. The van der Waals surface area contributed by atoms with Gasteiger partial charge in [-0.1, -0.05) is 0 Å². The lowest BCUT2D eigenvalue weighted by atomic mass is 10.4. The fourth-order valence-electron chi connectivity index (χ4n) is 0.681. The maximum absolute atomic E-state index is 5.33. The van der Waals surface area contributed by atoms with Crippen LogP contribution in [0.5, 0.6) is 0 Å². The molecule has 0 bridgehead atoms. The van der Waals surface area contributed by atoms with E-state index in [1.54, 1.807) is 0 Å². The molecule has 1 heterocycles. The first kappa shape index (κ1) is 5.38. The molecule has 0 aliphatic carbocycles. The molecule has 0 saturated carbocycles. The zero-order chi connectivity index (χ0) is 5.98. The van der Waals surface area contributed by atoms with Crippen LogP contribution in [0.3, 0.4) is 0 Å². The summed E-state index contributed by atoms with van der Waals surface area (Å²) < 4.78 is 0. The molecule has 0 spiro atoms. The number of hydrogen-bond acceptors (Lipinski definition) is 1. The monoisotopic (exact) mass is 110 g/mol. The van der Waals surface area contributed by atoms with E-state index in [4.69, 9.17) is 5.73 Å². The second-order valence-corrected chi connectivity index (χ2v) is 1.87. The molecule has 0 atom stereocenters. The lowest BCUT2D eigenvalue weighted by Gasteiger charge is -1.85. The minimum atomic E-state index is 0.605. The van der Waals surface area contributed by atoms with E-state index < -0.39 is 0 Å². The molecular formula is C6H10N2. The Morgan fingerprint density at radius 3 is 2.62 bits per heavy atom. The van der Waals surface area contributed by atoms with Crippen LogP contribution in [0.15, 0.2) is 12.1 Å². The molecule has 0 aliphatic heterocycles. The summed E-state index contributed by atoms with van der Waals surface area (Å²) in [7, 11) is 0. The minimum Gasteiger partial charge on any atom is -0.361 e. The quantitative estimate of drug-likeness (QED) is 0.551. The Morgan fingerprint density at radius 2 is 2.38 bits per heavy atom. The molecule has 0 aromatic carbocycles. The molecule has 0 fully saturated rings. The Hall–Kier alpha value is -0.760. The average molecular weight is 110 g/mol. The Kier molecular flexibility index (Phi) is 1.35. The third-order valence-corrected chi connectivity index (χ3v) is 1.11. The molecular weight excluding hydrogens is 100 g/mol. The number of nitrogens with two attached hydrogens (primary N) is 1. The van der Waals surface area contributed by atoms with Gasteiger partial charge in [-0.2, -0.15) is 0 Å². The SMILES string of the molecule is Cc1ccc(CN)[nH]1. The molecule has 1 aromatic rings. The van der Waals surface area contributed by atoms with Gasteiger partial charge in [0.25, 0.3) is 0 Å². The number of H-pyrrole nitrogens is 1. The second-order valence-electron chi connectivity index (χ2n) is 1.87. The third kappa shape index (κ3) is 0.898. The summed E-state index contributed by atoms with van der Waals surface area (Å²) >= 11 is 0. The van der Waals surface area contributed by atoms with E-state index in [1.807, 2.05) is 19.1 Å². The van der Waals surface area contributed by atoms with Crippen molar-refractivity contribution in [2.75, 3.05) is 0 Å². The van der Waals surface area contributed by atoms with Crippen molar-refractivity contribution in [1.82, 2.24) is 4.98 Å². The van der Waals surface area contributed by atoms with Gasteiger partial charge in [0.15, 0.2) is 0 Å². The molecule has 0 unspecified atom stereocenters. The van der Waals surface area contributed by atoms with E-state index in [0.717, 1.165) is 5.69 Å². The highest BCUT2D eigenvalue weighted by Crippen LogP contribution is 1.96. The molecule has 0 amide bonds. The molecule has 2 heteroatoms. The van der Waals surface area contributed by atoms with Crippen molar-refractivity contribution < 1.29 is 0 Å². The van der Waals surface area contributed by atoms with Crippen molar-refractivity contribution in [3.05, 3.63) is 23.5 Å². The van der Waals surface area contributed by atoms with Crippen molar-refractivity contribution in [2.45, 2.75) is 13.5 Å². The van der Waals surface area contributed by atoms with Gasteiger partial charge >= 0.3 is 0 Å². The predicted molar refractivity (Wildman–Crippen MR) is 33.4 cm³/mol. The van der Waals surface area contributed by atoms with E-state index in [-0.39, 0.29) is 0 Å². The molecule has 0 radical (unpaired) electrons. The van der Waals surface area contributed by atoms with Gasteiger partial charge in [-0.3, -0.25) is 0 Å². The van der Waals surface area contributed by atoms with Crippen LogP contribution >= 0.6 is 0 Å². The lowest BCUT2D eigenvalue weighted by molar-refractivity contribution is 0.999. The van der Waals surface area contributed by atoms with E-state index in [2.05, 4.69) is 4.98 Å². The van der Waals surface area contributed by atoms with Gasteiger partial charge in [-0.25, -0.2) is 0 Å². The zero-order valence-corrected chi connectivity index (χ0v) is 4.94. The number of nitrogens with one attached hydrogen (secondary N) is 1. The number of rotatable bonds is 1. The fourth-order valence-corrected chi connectivity index (χ4v) is 0.681. The van der Waals surface area contributed by atoms with Crippen LogP contribution in [0.25, 0.3) is 0 Å². The molecule has 0 saturated heterocycles. The molecule has 0 aliphatic rings. The van der Waals surface area contributed by atoms with Crippen LogP contribution in [0.2, 0.25) is 0 Å². The van der Waals surface area contributed by atoms with Crippen molar-refractivity contribution in [3.8, 4) is 0 Å². The average Bonchev–Trinajstić information content (AvgIpc) is 2.14. The van der Waals surface area contributed by atoms with Gasteiger partial charge in [0, 0.05) is 17.9 Å². The van der Waals surface area contributed by atoms with Gasteiger partial charge < -0.3 is 10.7 Å². The predicted octanol–water partition coefficient (Wildman–Crippen LogP) is 0.782. The Balaban J connectivity index is 2.84. The molecule has 1 rings (SSSR count). The van der Waals surface area contributed by atoms with E-state index >= 15 is 0 Å². The summed E-state index contributed by atoms with van der Waals surface area (Å²) in [6.07, 6.45) is 0. The number of hydrogen-bond donors (Lipinski definition) is 2. The van der Waals surface area contributed by atoms with E-state index in [1.165, 1.54) is 5.69 Å². The minimum absolute atomic E-state index is 0.605. The highest BCUT2D eigenvalue weighted by atomic mass is 14.7. The fraction of sp³-hybridized carbons (Fsp3) is 0.333. The number of aryl methyl sites for hydroxylation is 1. The van der Waals surface area contributed by atoms with Crippen LogP contribution in [0.1, 0.15) is 11.4 Å². The van der Waals surface area contributed by atoms with Crippen LogP contribution in [0.4, 0.5) is 0 Å². The first-order chi connectivity index (χ1) is 3.83. The Bertz CT molecular complexity index is 167. The van der Waals surface area contributed by atoms with E-state index in [0.29, 0.717) is 6.54 Å². The molecule has 1 aromatic heterocycles. The summed E-state index contributed by atoms with van der Waals surface area (Å²) in [5.74, 6) is 0. The summed E-state index contributed by atoms with van der Waals surface area (Å²) in [4.78, 5) is 3.10. The molecule has 2 nitrogen and oxygen atoms in total. The first-order valence-corrected chi connectivity index (χ1v) is 2.67. The summed E-state index contributed by atoms with van der Waals surface area (Å²) in [6.45, 7) is 2.62. The second kappa shape index (κ2) is 2.01. The maximum atomic E-state index is 5.33. The number of aromatic amines is 1. The standard InChI is InChI=1S/C6H10N2/c1-5-2-3-6(4-7)8-5/h2-3,8H,4,7H2,1H3. The van der Waals surface area contributed by atoms with Crippen LogP contribution < -0.4 is 5.73 Å². The molecule has 8 heavy (non-hydrogen) atoms. The Labute approximate surface area is 48.7 Å². The van der Waals surface area contributed by atoms with Gasteiger partial charge in [0.05, 0.1) is 0 Å². The van der Waals surface area contributed by atoms with Crippen molar-refractivity contribution in [1.29, 1.82) is 0 Å². The summed E-state index contributed by atoms with van der Waals surface area (Å²) in [6, 6.07) is 4.01. The van der Waals surface area contributed by atoms with Crippen LogP contribution in [-0.2, 0) is 6.54 Å². The topological polar surface area (TPSA) is 41.8 Å². The van der Waals surface area contributed by atoms with Gasteiger partial charge in [-0.05, 0) is 19.1 Å². The van der Waals surface area contributed by atoms with Crippen LogP contribution in [-0.4, -0.2) is 4.98 Å². The van der Waals surface area contributed by atoms with E-state index in [9.17, 15) is 0 Å². The number of aromatic nitrogens is 1. The summed E-state index contributed by atoms with van der Waals surface area (Å²) in [5.41, 5.74) is 7.60. The van der Waals surface area contributed by atoms with Crippen molar-refractivity contribution >= 4 is 0 Å². The Morgan fingerprint density at radius 1 is 1.62 bits per heavy atom. The third-order valence-electron chi connectivity index (χ3n) is 1.11. The smallest absolute Gasteiger partial charge is 0.0332 e. The largest absolute Gasteiger partial charge is 0.361 e. The van der Waals surface area contributed by atoms with Crippen LogP contribution in [0, 0.1) is 6.92 Å². The first-order valence-electron chi connectivity index (χ1n) is 2.67. The highest BCUT2D eigenvalue weighted by Gasteiger charge is 1.87. The highest BCUT2D eigenvalue weighted by molar-refractivity contribution is 5.10.